The highest BCUT2D eigenvalue weighted by Gasteiger charge is 2.22. The second kappa shape index (κ2) is 8.20. The molecule has 0 saturated heterocycles. The number of nitrogens with zero attached hydrogens (tertiary/aromatic N) is 3. The molecule has 3 aromatic heterocycles. The lowest BCUT2D eigenvalue weighted by Gasteiger charge is -2.16. The van der Waals surface area contributed by atoms with E-state index in [9.17, 15) is 4.79 Å². The maximum atomic E-state index is 13.0. The molecule has 1 amide bonds. The molecule has 0 aliphatic rings. The minimum absolute atomic E-state index is 0.111. The van der Waals surface area contributed by atoms with Crippen LogP contribution in [-0.4, -0.2) is 37.4 Å². The maximum absolute atomic E-state index is 13.0. The number of aromatic amines is 1. The van der Waals surface area contributed by atoms with Crippen LogP contribution in [0.2, 0.25) is 0 Å². The van der Waals surface area contributed by atoms with Crippen LogP contribution < -0.4 is 5.32 Å². The second-order valence-corrected chi connectivity index (χ2v) is 8.41. The van der Waals surface area contributed by atoms with Gasteiger partial charge in [-0.2, -0.15) is 11.8 Å². The van der Waals surface area contributed by atoms with Crippen molar-refractivity contribution in [2.75, 3.05) is 12.0 Å². The summed E-state index contributed by atoms with van der Waals surface area (Å²) in [5.41, 5.74) is 2.62. The van der Waals surface area contributed by atoms with Crippen LogP contribution in [0.5, 0.6) is 0 Å². The minimum Gasteiger partial charge on any atom is -0.341 e. The number of nitrogens with one attached hydrogen (secondary N) is 2. The molecule has 0 spiro atoms. The van der Waals surface area contributed by atoms with Gasteiger partial charge >= 0.3 is 0 Å². The molecule has 28 heavy (non-hydrogen) atoms. The zero-order valence-electron chi connectivity index (χ0n) is 15.7. The molecular formula is C20H21N5OS2. The summed E-state index contributed by atoms with van der Waals surface area (Å²) in [5, 5.41) is 3.95. The number of thiazole rings is 1. The fourth-order valence-corrected chi connectivity index (χ4v) is 4.45. The SMILES string of the molecule is CSCC[C@@H](NC(=O)c1sc(-n2cccc2)nc1C)c1nc2ccccc2[nH]1. The van der Waals surface area contributed by atoms with Crippen molar-refractivity contribution in [3.05, 3.63) is 65.2 Å². The van der Waals surface area contributed by atoms with E-state index in [4.69, 9.17) is 0 Å². The Morgan fingerprint density at radius 2 is 2.04 bits per heavy atom. The van der Waals surface area contributed by atoms with Crippen molar-refractivity contribution in [1.29, 1.82) is 0 Å². The summed E-state index contributed by atoms with van der Waals surface area (Å²) in [6.07, 6.45) is 6.72. The summed E-state index contributed by atoms with van der Waals surface area (Å²) in [5.74, 6) is 1.61. The van der Waals surface area contributed by atoms with E-state index < -0.39 is 0 Å². The summed E-state index contributed by atoms with van der Waals surface area (Å²) in [4.78, 5) is 26.2. The van der Waals surface area contributed by atoms with Crippen LogP contribution in [0.25, 0.3) is 16.2 Å². The highest BCUT2D eigenvalue weighted by molar-refractivity contribution is 7.98. The Morgan fingerprint density at radius 3 is 2.79 bits per heavy atom. The van der Waals surface area contributed by atoms with Crippen LogP contribution in [0.15, 0.2) is 48.8 Å². The van der Waals surface area contributed by atoms with Crippen molar-refractivity contribution in [2.24, 2.45) is 0 Å². The predicted octanol–water partition coefficient (Wildman–Crippen LogP) is 4.34. The van der Waals surface area contributed by atoms with Gasteiger partial charge < -0.3 is 14.9 Å². The molecule has 0 saturated carbocycles. The first-order chi connectivity index (χ1) is 13.7. The van der Waals surface area contributed by atoms with Crippen LogP contribution in [0.4, 0.5) is 0 Å². The first-order valence-corrected chi connectivity index (χ1v) is 11.2. The molecule has 0 aliphatic heterocycles. The van der Waals surface area contributed by atoms with Gasteiger partial charge in [-0.3, -0.25) is 4.79 Å². The number of aromatic nitrogens is 4. The number of carbonyl (C=O) groups is 1. The van der Waals surface area contributed by atoms with Gasteiger partial charge in [-0.05, 0) is 49.6 Å². The van der Waals surface area contributed by atoms with Crippen LogP contribution in [0.3, 0.4) is 0 Å². The molecule has 1 atom stereocenters. The normalized spacial score (nSPS) is 12.4. The number of rotatable bonds is 7. The molecular weight excluding hydrogens is 390 g/mol. The number of fused-ring (bicyclic) bond motifs is 1. The Labute approximate surface area is 171 Å². The van der Waals surface area contributed by atoms with Gasteiger partial charge in [0.2, 0.25) is 0 Å². The maximum Gasteiger partial charge on any atom is 0.263 e. The zero-order valence-corrected chi connectivity index (χ0v) is 17.3. The van der Waals surface area contributed by atoms with E-state index in [0.717, 1.165) is 39.9 Å². The Bertz CT molecular complexity index is 1050. The van der Waals surface area contributed by atoms with E-state index in [0.29, 0.717) is 4.88 Å². The van der Waals surface area contributed by atoms with E-state index in [2.05, 4.69) is 26.5 Å². The lowest BCUT2D eigenvalue weighted by atomic mass is 10.2. The highest BCUT2D eigenvalue weighted by Crippen LogP contribution is 2.24. The van der Waals surface area contributed by atoms with Gasteiger partial charge in [0.15, 0.2) is 5.13 Å². The number of amides is 1. The Balaban J connectivity index is 1.59. The molecule has 4 aromatic rings. The molecule has 0 fully saturated rings. The van der Waals surface area contributed by atoms with Crippen molar-refractivity contribution in [3.63, 3.8) is 0 Å². The minimum atomic E-state index is -0.177. The van der Waals surface area contributed by atoms with Crippen molar-refractivity contribution in [1.82, 2.24) is 24.8 Å². The molecule has 1 aromatic carbocycles. The smallest absolute Gasteiger partial charge is 0.263 e. The largest absolute Gasteiger partial charge is 0.341 e. The van der Waals surface area contributed by atoms with Gasteiger partial charge in [-0.1, -0.05) is 23.5 Å². The lowest BCUT2D eigenvalue weighted by molar-refractivity contribution is 0.0937. The molecule has 2 N–H and O–H groups in total. The van der Waals surface area contributed by atoms with Crippen LogP contribution in [0.1, 0.15) is 33.7 Å². The fraction of sp³-hybridized carbons (Fsp3) is 0.250. The molecule has 0 bridgehead atoms. The molecule has 144 valence electrons. The average Bonchev–Trinajstić information content (AvgIpc) is 3.43. The van der Waals surface area contributed by atoms with Crippen molar-refractivity contribution in [3.8, 4) is 5.13 Å². The van der Waals surface area contributed by atoms with Crippen LogP contribution in [-0.2, 0) is 0 Å². The molecule has 8 heteroatoms. The monoisotopic (exact) mass is 411 g/mol. The molecule has 0 radical (unpaired) electrons. The summed E-state index contributed by atoms with van der Waals surface area (Å²) in [7, 11) is 0. The topological polar surface area (TPSA) is 75.6 Å². The Kier molecular flexibility index (Phi) is 5.50. The summed E-state index contributed by atoms with van der Waals surface area (Å²) in [6, 6.07) is 11.6. The van der Waals surface area contributed by atoms with E-state index >= 15 is 0 Å². The van der Waals surface area contributed by atoms with E-state index in [1.807, 2.05) is 60.3 Å². The quantitative estimate of drug-likeness (QED) is 0.474. The van der Waals surface area contributed by atoms with Gasteiger partial charge in [-0.25, -0.2) is 9.97 Å². The predicted molar refractivity (Wildman–Crippen MR) is 115 cm³/mol. The van der Waals surface area contributed by atoms with Crippen molar-refractivity contribution < 1.29 is 4.79 Å². The third-order valence-electron chi connectivity index (χ3n) is 4.47. The number of H-pyrrole nitrogens is 1. The number of benzene rings is 1. The lowest BCUT2D eigenvalue weighted by Crippen LogP contribution is -2.29. The second-order valence-electron chi connectivity index (χ2n) is 6.45. The molecule has 0 aliphatic carbocycles. The molecule has 3 heterocycles. The number of hydrogen-bond acceptors (Lipinski definition) is 5. The Hall–Kier alpha value is -2.58. The summed E-state index contributed by atoms with van der Waals surface area (Å²) in [6.45, 7) is 1.87. The van der Waals surface area contributed by atoms with Gasteiger partial charge in [0, 0.05) is 12.4 Å². The number of imidazole rings is 1. The van der Waals surface area contributed by atoms with Crippen molar-refractivity contribution in [2.45, 2.75) is 19.4 Å². The van der Waals surface area contributed by atoms with Crippen molar-refractivity contribution >= 4 is 40.0 Å². The number of para-hydroxylation sites is 2. The van der Waals surface area contributed by atoms with Crippen LogP contribution in [0, 0.1) is 6.92 Å². The first-order valence-electron chi connectivity index (χ1n) is 9.01. The summed E-state index contributed by atoms with van der Waals surface area (Å²) < 4.78 is 1.92. The highest BCUT2D eigenvalue weighted by atomic mass is 32.2. The van der Waals surface area contributed by atoms with Gasteiger partial charge in [0.25, 0.3) is 5.91 Å². The number of thioether (sulfide) groups is 1. The fourth-order valence-electron chi connectivity index (χ4n) is 3.04. The summed E-state index contributed by atoms with van der Waals surface area (Å²) >= 11 is 3.15. The number of hydrogen-bond donors (Lipinski definition) is 2. The van der Waals surface area contributed by atoms with E-state index in [-0.39, 0.29) is 11.9 Å². The average molecular weight is 412 g/mol. The third-order valence-corrected chi connectivity index (χ3v) is 6.28. The zero-order chi connectivity index (χ0) is 19.5. The first kappa shape index (κ1) is 18.8. The van der Waals surface area contributed by atoms with Gasteiger partial charge in [0.1, 0.15) is 10.7 Å². The van der Waals surface area contributed by atoms with E-state index in [1.54, 1.807) is 11.8 Å². The van der Waals surface area contributed by atoms with E-state index in [1.165, 1.54) is 11.3 Å². The Morgan fingerprint density at radius 1 is 1.25 bits per heavy atom. The standard InChI is InChI=1S/C20H21N5OS2/c1-13-17(28-20(21-13)25-10-5-6-11-25)19(26)24-16(9-12-27-2)18-22-14-7-3-4-8-15(14)23-18/h3-8,10-11,16H,9,12H2,1-2H3,(H,22,23)(H,24,26)/t16-/m1/s1. The number of carbonyl (C=O) groups excluding carboxylic acids is 1. The molecule has 4 rings (SSSR count). The molecule has 0 unspecified atom stereocenters. The van der Waals surface area contributed by atoms with Crippen LogP contribution >= 0.6 is 23.1 Å². The van der Waals surface area contributed by atoms with Gasteiger partial charge in [-0.15, -0.1) is 0 Å². The molecule has 6 nitrogen and oxygen atoms in total. The number of aryl methyl sites for hydroxylation is 1. The third kappa shape index (κ3) is 3.83. The van der Waals surface area contributed by atoms with Gasteiger partial charge in [0.05, 0.1) is 22.8 Å².